The molecule has 0 aliphatic rings. The van der Waals surface area contributed by atoms with Crippen molar-refractivity contribution in [3.05, 3.63) is 89.5 Å². The molecule has 5 aromatic rings. The van der Waals surface area contributed by atoms with Crippen LogP contribution in [0.4, 0.5) is 4.39 Å². The fourth-order valence-electron chi connectivity index (χ4n) is 3.07. The van der Waals surface area contributed by atoms with Crippen LogP contribution in [0.1, 0.15) is 10.9 Å². The molecule has 2 heterocycles. The molecule has 4 nitrogen and oxygen atoms in total. The number of aromatic nitrogens is 3. The van der Waals surface area contributed by atoms with E-state index in [1.165, 1.54) is 11.3 Å². The largest absolute Gasteiger partial charge is 0.420 e. The first kappa shape index (κ1) is 16.8. The third-order valence-electron chi connectivity index (χ3n) is 4.42. The first-order valence-corrected chi connectivity index (χ1v) is 9.61. The molecule has 0 saturated heterocycles. The molecule has 0 saturated carbocycles. The van der Waals surface area contributed by atoms with Crippen LogP contribution >= 0.6 is 11.3 Å². The number of benzene rings is 3. The maximum atomic E-state index is 15.1. The summed E-state index contributed by atoms with van der Waals surface area (Å²) in [4.78, 5) is 4.54. The van der Waals surface area contributed by atoms with Gasteiger partial charge < -0.3 is 4.42 Å². The summed E-state index contributed by atoms with van der Waals surface area (Å²) in [5.41, 5.74) is 2.93. The summed E-state index contributed by atoms with van der Waals surface area (Å²) < 4.78 is 21.3. The normalized spacial score (nSPS) is 11.2. The molecular weight excluding hydrogens is 373 g/mol. The number of thiazole rings is 1. The highest BCUT2D eigenvalue weighted by atomic mass is 32.1. The Balaban J connectivity index is 1.46. The number of rotatable bonds is 4. The van der Waals surface area contributed by atoms with E-state index in [0.29, 0.717) is 34.0 Å². The van der Waals surface area contributed by atoms with Gasteiger partial charge in [-0.3, -0.25) is 0 Å². The lowest BCUT2D eigenvalue weighted by Gasteiger charge is -2.03. The molecule has 0 bridgehead atoms. The Kier molecular flexibility index (Phi) is 4.18. The summed E-state index contributed by atoms with van der Waals surface area (Å²) in [5, 5.41) is 8.93. The van der Waals surface area contributed by atoms with Gasteiger partial charge in [-0.1, -0.05) is 48.5 Å². The maximum Gasteiger partial charge on any atom is 0.247 e. The van der Waals surface area contributed by atoms with Crippen LogP contribution in [0.25, 0.3) is 32.8 Å². The summed E-state index contributed by atoms with van der Waals surface area (Å²) >= 11 is 1.32. The Morgan fingerprint density at radius 2 is 1.54 bits per heavy atom. The minimum Gasteiger partial charge on any atom is -0.420 e. The molecule has 3 aromatic carbocycles. The molecule has 0 fully saturated rings. The van der Waals surface area contributed by atoms with E-state index in [0.717, 1.165) is 16.1 Å². The number of halogens is 1. The second-order valence-corrected chi connectivity index (χ2v) is 7.38. The van der Waals surface area contributed by atoms with Crippen LogP contribution < -0.4 is 0 Å². The van der Waals surface area contributed by atoms with Crippen molar-refractivity contribution in [1.82, 2.24) is 15.2 Å². The van der Waals surface area contributed by atoms with Gasteiger partial charge in [-0.05, 0) is 29.8 Å². The number of nitrogens with zero attached hydrogens (tertiary/aromatic N) is 3. The van der Waals surface area contributed by atoms with Crippen molar-refractivity contribution in [2.24, 2.45) is 0 Å². The highest BCUT2D eigenvalue weighted by Crippen LogP contribution is 2.33. The second-order valence-electron chi connectivity index (χ2n) is 6.29. The zero-order valence-electron chi connectivity index (χ0n) is 14.7. The van der Waals surface area contributed by atoms with E-state index < -0.39 is 0 Å². The van der Waals surface area contributed by atoms with Crippen LogP contribution in [0.2, 0.25) is 0 Å². The Morgan fingerprint density at radius 1 is 0.821 bits per heavy atom. The molecule has 2 aromatic heterocycles. The number of hydrogen-bond donors (Lipinski definition) is 0. The van der Waals surface area contributed by atoms with Crippen molar-refractivity contribution in [2.45, 2.75) is 6.42 Å². The van der Waals surface area contributed by atoms with E-state index >= 15 is 4.39 Å². The molecule has 0 radical (unpaired) electrons. The highest BCUT2D eigenvalue weighted by Gasteiger charge is 2.16. The zero-order valence-corrected chi connectivity index (χ0v) is 15.5. The predicted octanol–water partition coefficient (Wildman–Crippen LogP) is 5.74. The SMILES string of the molecule is Fc1c(-c2ccccc2)ccc2nc(Cc3nnc(-c4ccccc4)o3)sc12. The Morgan fingerprint density at radius 3 is 2.29 bits per heavy atom. The zero-order chi connectivity index (χ0) is 18.9. The number of hydrogen-bond acceptors (Lipinski definition) is 5. The van der Waals surface area contributed by atoms with Gasteiger partial charge in [0, 0.05) is 11.1 Å². The van der Waals surface area contributed by atoms with Crippen LogP contribution in [0.5, 0.6) is 0 Å². The van der Waals surface area contributed by atoms with E-state index in [1.54, 1.807) is 6.07 Å². The van der Waals surface area contributed by atoms with Crippen LogP contribution in [0.3, 0.4) is 0 Å². The lowest BCUT2D eigenvalue weighted by molar-refractivity contribution is 0.518. The van der Waals surface area contributed by atoms with Crippen molar-refractivity contribution in [3.63, 3.8) is 0 Å². The molecule has 0 amide bonds. The quantitative estimate of drug-likeness (QED) is 0.394. The summed E-state index contributed by atoms with van der Waals surface area (Å²) in [6, 6.07) is 22.7. The molecule has 0 N–H and O–H groups in total. The average Bonchev–Trinajstić information content (AvgIpc) is 3.37. The monoisotopic (exact) mass is 387 g/mol. The molecule has 0 atom stereocenters. The van der Waals surface area contributed by atoms with E-state index in [-0.39, 0.29) is 5.82 Å². The minimum absolute atomic E-state index is 0.247. The Bertz CT molecular complexity index is 1250. The Hall–Kier alpha value is -3.38. The third kappa shape index (κ3) is 3.08. The molecule has 0 aliphatic carbocycles. The van der Waals surface area contributed by atoms with E-state index in [4.69, 9.17) is 4.42 Å². The fraction of sp³-hybridized carbons (Fsp3) is 0.0455. The summed E-state index contributed by atoms with van der Waals surface area (Å²) in [7, 11) is 0. The average molecular weight is 387 g/mol. The van der Waals surface area contributed by atoms with E-state index in [1.807, 2.05) is 66.7 Å². The predicted molar refractivity (Wildman–Crippen MR) is 108 cm³/mol. The highest BCUT2D eigenvalue weighted by molar-refractivity contribution is 7.18. The van der Waals surface area contributed by atoms with E-state index in [9.17, 15) is 0 Å². The molecule has 5 rings (SSSR count). The molecule has 136 valence electrons. The van der Waals surface area contributed by atoms with Crippen LogP contribution in [0, 0.1) is 5.82 Å². The van der Waals surface area contributed by atoms with Crippen molar-refractivity contribution in [2.75, 3.05) is 0 Å². The standard InChI is InChI=1S/C22H14FN3OS/c23-20-16(14-7-3-1-4-8-14)11-12-17-21(20)28-19(24-17)13-18-25-26-22(27-18)15-9-5-2-6-10-15/h1-12H,13H2. The smallest absolute Gasteiger partial charge is 0.247 e. The topological polar surface area (TPSA) is 51.8 Å². The first-order chi connectivity index (χ1) is 13.8. The van der Waals surface area contributed by atoms with Gasteiger partial charge >= 0.3 is 0 Å². The van der Waals surface area contributed by atoms with Crippen LogP contribution in [-0.2, 0) is 6.42 Å². The van der Waals surface area contributed by atoms with Gasteiger partial charge in [0.05, 0.1) is 16.6 Å². The third-order valence-corrected chi connectivity index (χ3v) is 5.48. The lowest BCUT2D eigenvalue weighted by Crippen LogP contribution is -1.86. The summed E-state index contributed by atoms with van der Waals surface area (Å²) in [5.74, 6) is 0.679. The fourth-order valence-corrected chi connectivity index (χ4v) is 4.07. The second kappa shape index (κ2) is 6.98. The lowest BCUT2D eigenvalue weighted by atomic mass is 10.1. The first-order valence-electron chi connectivity index (χ1n) is 8.79. The molecular formula is C22H14FN3OS. The minimum atomic E-state index is -0.247. The molecule has 0 unspecified atom stereocenters. The van der Waals surface area contributed by atoms with Crippen molar-refractivity contribution in [1.29, 1.82) is 0 Å². The van der Waals surface area contributed by atoms with Gasteiger partial charge in [0.2, 0.25) is 11.8 Å². The van der Waals surface area contributed by atoms with E-state index in [2.05, 4.69) is 15.2 Å². The van der Waals surface area contributed by atoms with Crippen molar-refractivity contribution < 1.29 is 8.81 Å². The van der Waals surface area contributed by atoms with Gasteiger partial charge in [-0.25, -0.2) is 9.37 Å². The molecule has 0 aliphatic heterocycles. The molecule has 28 heavy (non-hydrogen) atoms. The van der Waals surface area contributed by atoms with Crippen LogP contribution in [-0.4, -0.2) is 15.2 Å². The molecule has 6 heteroatoms. The van der Waals surface area contributed by atoms with Gasteiger partial charge in [0.25, 0.3) is 0 Å². The maximum absolute atomic E-state index is 15.1. The summed E-state index contributed by atoms with van der Waals surface area (Å²) in [6.07, 6.45) is 0.374. The van der Waals surface area contributed by atoms with Gasteiger partial charge in [-0.15, -0.1) is 21.5 Å². The van der Waals surface area contributed by atoms with Gasteiger partial charge in [0.1, 0.15) is 10.8 Å². The summed E-state index contributed by atoms with van der Waals surface area (Å²) in [6.45, 7) is 0. The van der Waals surface area contributed by atoms with Gasteiger partial charge in [0.15, 0.2) is 0 Å². The van der Waals surface area contributed by atoms with Gasteiger partial charge in [-0.2, -0.15) is 0 Å². The van der Waals surface area contributed by atoms with Crippen molar-refractivity contribution in [3.8, 4) is 22.6 Å². The van der Waals surface area contributed by atoms with Crippen LogP contribution in [0.15, 0.2) is 77.2 Å². The Labute approximate surface area is 164 Å². The van der Waals surface area contributed by atoms with Crippen molar-refractivity contribution >= 4 is 21.6 Å². The molecule has 0 spiro atoms. The number of fused-ring (bicyclic) bond motifs is 1.